The molecule has 0 atom stereocenters. The standard InChI is InChI=1S/C19H20BrNO5S/c1-14-3-2-4-15(11-14)13-26-19(22)16-5-6-17(20)18(12-16)27(23,24)21-7-9-25-10-8-21/h2-6,11-12H,7-10,13H2,1H3. The highest BCUT2D eigenvalue weighted by atomic mass is 79.9. The Morgan fingerprint density at radius 1 is 1.19 bits per heavy atom. The van der Waals surface area contributed by atoms with Crippen molar-refractivity contribution in [2.75, 3.05) is 26.3 Å². The number of sulfonamides is 1. The van der Waals surface area contributed by atoms with E-state index in [2.05, 4.69) is 15.9 Å². The molecule has 0 spiro atoms. The summed E-state index contributed by atoms with van der Waals surface area (Å²) >= 11 is 3.28. The normalized spacial score (nSPS) is 15.5. The van der Waals surface area contributed by atoms with Gasteiger partial charge in [-0.15, -0.1) is 0 Å². The summed E-state index contributed by atoms with van der Waals surface area (Å²) in [6, 6.07) is 12.1. The van der Waals surface area contributed by atoms with Crippen LogP contribution in [0.1, 0.15) is 21.5 Å². The van der Waals surface area contributed by atoms with Crippen LogP contribution in [0.4, 0.5) is 0 Å². The monoisotopic (exact) mass is 453 g/mol. The molecule has 0 aliphatic carbocycles. The highest BCUT2D eigenvalue weighted by Gasteiger charge is 2.29. The van der Waals surface area contributed by atoms with Crippen molar-refractivity contribution in [1.82, 2.24) is 4.31 Å². The maximum absolute atomic E-state index is 12.9. The highest BCUT2D eigenvalue weighted by molar-refractivity contribution is 9.10. The quantitative estimate of drug-likeness (QED) is 0.650. The first-order valence-corrected chi connectivity index (χ1v) is 10.7. The molecular formula is C19H20BrNO5S. The van der Waals surface area contributed by atoms with Crippen molar-refractivity contribution in [1.29, 1.82) is 0 Å². The van der Waals surface area contributed by atoms with Gasteiger partial charge >= 0.3 is 5.97 Å². The SMILES string of the molecule is Cc1cccc(COC(=O)c2ccc(Br)c(S(=O)(=O)N3CCOCC3)c2)c1. The molecule has 0 bridgehead atoms. The van der Waals surface area contributed by atoms with Gasteiger partial charge in [0.1, 0.15) is 6.61 Å². The molecule has 144 valence electrons. The van der Waals surface area contributed by atoms with Crippen LogP contribution in [-0.2, 0) is 26.1 Å². The predicted octanol–water partition coefficient (Wildman–Crippen LogP) is 3.14. The number of carbonyl (C=O) groups is 1. The number of morpholine rings is 1. The van der Waals surface area contributed by atoms with Crippen LogP contribution < -0.4 is 0 Å². The Hall–Kier alpha value is -1.74. The van der Waals surface area contributed by atoms with Gasteiger partial charge in [-0.05, 0) is 46.6 Å². The zero-order valence-corrected chi connectivity index (χ0v) is 17.3. The average molecular weight is 454 g/mol. The topological polar surface area (TPSA) is 72.9 Å². The minimum atomic E-state index is -3.72. The molecule has 8 heteroatoms. The van der Waals surface area contributed by atoms with Gasteiger partial charge in [0.25, 0.3) is 0 Å². The summed E-state index contributed by atoms with van der Waals surface area (Å²) in [5.41, 5.74) is 2.14. The van der Waals surface area contributed by atoms with Crippen molar-refractivity contribution in [3.05, 3.63) is 63.6 Å². The number of aryl methyl sites for hydroxylation is 1. The largest absolute Gasteiger partial charge is 0.457 e. The number of carbonyl (C=O) groups excluding carboxylic acids is 1. The first-order valence-electron chi connectivity index (χ1n) is 8.48. The molecule has 2 aromatic carbocycles. The van der Waals surface area contributed by atoms with Gasteiger partial charge in [-0.3, -0.25) is 0 Å². The number of esters is 1. The average Bonchev–Trinajstić information content (AvgIpc) is 2.67. The minimum absolute atomic E-state index is 0.0504. The molecule has 0 aromatic heterocycles. The van der Waals surface area contributed by atoms with Crippen LogP contribution in [0, 0.1) is 6.92 Å². The molecule has 0 saturated carbocycles. The Morgan fingerprint density at radius 3 is 2.63 bits per heavy atom. The second-order valence-electron chi connectivity index (χ2n) is 6.23. The molecule has 27 heavy (non-hydrogen) atoms. The first kappa shape index (κ1) is 20.0. The van der Waals surface area contributed by atoms with E-state index in [-0.39, 0.29) is 30.2 Å². The molecule has 2 aromatic rings. The van der Waals surface area contributed by atoms with Crippen molar-refractivity contribution in [2.45, 2.75) is 18.4 Å². The lowest BCUT2D eigenvalue weighted by atomic mass is 10.1. The predicted molar refractivity (Wildman–Crippen MR) is 104 cm³/mol. The van der Waals surface area contributed by atoms with Crippen molar-refractivity contribution in [3.63, 3.8) is 0 Å². The van der Waals surface area contributed by atoms with Crippen molar-refractivity contribution >= 4 is 31.9 Å². The molecule has 0 unspecified atom stereocenters. The van der Waals surface area contributed by atoms with E-state index < -0.39 is 16.0 Å². The third kappa shape index (κ3) is 4.76. The van der Waals surface area contributed by atoms with Crippen LogP contribution >= 0.6 is 15.9 Å². The maximum atomic E-state index is 12.9. The second kappa shape index (κ2) is 8.52. The lowest BCUT2D eigenvalue weighted by molar-refractivity contribution is 0.0472. The van der Waals surface area contributed by atoms with Gasteiger partial charge in [0.05, 0.1) is 23.7 Å². The summed E-state index contributed by atoms with van der Waals surface area (Å²) in [6.45, 7) is 3.38. The molecule has 0 radical (unpaired) electrons. The smallest absolute Gasteiger partial charge is 0.338 e. The van der Waals surface area contributed by atoms with Crippen LogP contribution in [0.25, 0.3) is 0 Å². The zero-order valence-electron chi connectivity index (χ0n) is 14.9. The van der Waals surface area contributed by atoms with Crippen LogP contribution in [0.15, 0.2) is 51.8 Å². The van der Waals surface area contributed by atoms with E-state index in [0.717, 1.165) is 11.1 Å². The number of ether oxygens (including phenoxy) is 2. The summed E-state index contributed by atoms with van der Waals surface area (Å²) < 4.78 is 38.1. The molecule has 1 fully saturated rings. The second-order valence-corrected chi connectivity index (χ2v) is 8.99. The van der Waals surface area contributed by atoms with Crippen LogP contribution in [-0.4, -0.2) is 45.0 Å². The van der Waals surface area contributed by atoms with Gasteiger partial charge in [-0.2, -0.15) is 4.31 Å². The fraction of sp³-hybridized carbons (Fsp3) is 0.316. The molecule has 0 N–H and O–H groups in total. The summed E-state index contributed by atoms with van der Waals surface area (Å²) in [7, 11) is -3.72. The third-order valence-electron chi connectivity index (χ3n) is 4.21. The molecular weight excluding hydrogens is 434 g/mol. The van der Waals surface area contributed by atoms with Crippen LogP contribution in [0.3, 0.4) is 0 Å². The fourth-order valence-corrected chi connectivity index (χ4v) is 5.15. The molecule has 6 nitrogen and oxygen atoms in total. The molecule has 0 amide bonds. The number of nitrogens with zero attached hydrogens (tertiary/aromatic N) is 1. The van der Waals surface area contributed by atoms with E-state index in [1.54, 1.807) is 12.1 Å². The van der Waals surface area contributed by atoms with E-state index in [9.17, 15) is 13.2 Å². The van der Waals surface area contributed by atoms with Crippen molar-refractivity contribution in [2.24, 2.45) is 0 Å². The van der Waals surface area contributed by atoms with E-state index in [1.165, 1.54) is 10.4 Å². The molecule has 1 heterocycles. The zero-order chi connectivity index (χ0) is 19.4. The minimum Gasteiger partial charge on any atom is -0.457 e. The van der Waals surface area contributed by atoms with Crippen molar-refractivity contribution in [3.8, 4) is 0 Å². The third-order valence-corrected chi connectivity index (χ3v) is 7.10. The first-order chi connectivity index (χ1) is 12.9. The van der Waals surface area contributed by atoms with Gasteiger partial charge < -0.3 is 9.47 Å². The summed E-state index contributed by atoms with van der Waals surface area (Å²) in [4.78, 5) is 12.5. The Kier molecular flexibility index (Phi) is 6.31. The van der Waals surface area contributed by atoms with E-state index in [0.29, 0.717) is 17.7 Å². The van der Waals surface area contributed by atoms with Gasteiger partial charge in [-0.25, -0.2) is 13.2 Å². The summed E-state index contributed by atoms with van der Waals surface area (Å²) in [6.07, 6.45) is 0. The number of hydrogen-bond donors (Lipinski definition) is 0. The number of hydrogen-bond acceptors (Lipinski definition) is 5. The van der Waals surface area contributed by atoms with E-state index in [4.69, 9.17) is 9.47 Å². The van der Waals surface area contributed by atoms with Crippen LogP contribution in [0.2, 0.25) is 0 Å². The van der Waals surface area contributed by atoms with Gasteiger partial charge in [0.15, 0.2) is 0 Å². The lowest BCUT2D eigenvalue weighted by Gasteiger charge is -2.26. The summed E-state index contributed by atoms with van der Waals surface area (Å²) in [5.74, 6) is -0.567. The Bertz CT molecular complexity index is 939. The van der Waals surface area contributed by atoms with Crippen LogP contribution in [0.5, 0.6) is 0 Å². The Balaban J connectivity index is 1.79. The van der Waals surface area contributed by atoms with Gasteiger partial charge in [-0.1, -0.05) is 29.8 Å². The maximum Gasteiger partial charge on any atom is 0.338 e. The summed E-state index contributed by atoms with van der Waals surface area (Å²) in [5, 5.41) is 0. The lowest BCUT2D eigenvalue weighted by Crippen LogP contribution is -2.40. The van der Waals surface area contributed by atoms with E-state index in [1.807, 2.05) is 31.2 Å². The molecule has 1 saturated heterocycles. The Morgan fingerprint density at radius 2 is 1.93 bits per heavy atom. The highest BCUT2D eigenvalue weighted by Crippen LogP contribution is 2.27. The number of rotatable bonds is 5. The number of halogens is 1. The molecule has 1 aliphatic heterocycles. The van der Waals surface area contributed by atoms with Crippen molar-refractivity contribution < 1.29 is 22.7 Å². The van der Waals surface area contributed by atoms with Gasteiger partial charge in [0, 0.05) is 17.6 Å². The fourth-order valence-electron chi connectivity index (χ4n) is 2.79. The van der Waals surface area contributed by atoms with Gasteiger partial charge in [0.2, 0.25) is 10.0 Å². The Labute approximate surface area is 167 Å². The van der Waals surface area contributed by atoms with E-state index >= 15 is 0 Å². The molecule has 3 rings (SSSR count). The number of benzene rings is 2. The molecule has 1 aliphatic rings.